The molecule has 0 spiro atoms. The lowest BCUT2D eigenvalue weighted by atomic mass is 10.00. The highest BCUT2D eigenvalue weighted by Gasteiger charge is 2.10. The van der Waals surface area contributed by atoms with Crippen LogP contribution >= 0.6 is 0 Å². The first-order valence-electron chi connectivity index (χ1n) is 4.20. The molecule has 0 fully saturated rings. The Morgan fingerprint density at radius 2 is 1.85 bits per heavy atom. The standard InChI is InChI=1S/C10H13F2N/c1-6(2)8-4-3-7(10(11)12)5-9(8)13/h3-6,10H,13H2,1-2H3. The lowest BCUT2D eigenvalue weighted by molar-refractivity contribution is 0.151. The Morgan fingerprint density at radius 3 is 2.23 bits per heavy atom. The molecule has 0 saturated heterocycles. The molecule has 0 heterocycles. The molecule has 0 bridgehead atoms. The van der Waals surface area contributed by atoms with Crippen LogP contribution in [0.15, 0.2) is 18.2 Å². The largest absolute Gasteiger partial charge is 0.398 e. The number of nitrogens with two attached hydrogens (primary N) is 1. The fourth-order valence-corrected chi connectivity index (χ4v) is 1.25. The van der Waals surface area contributed by atoms with Crippen molar-refractivity contribution in [3.8, 4) is 0 Å². The predicted octanol–water partition coefficient (Wildman–Crippen LogP) is 3.33. The molecule has 0 unspecified atom stereocenters. The maximum absolute atomic E-state index is 12.2. The van der Waals surface area contributed by atoms with E-state index in [1.807, 2.05) is 13.8 Å². The van der Waals surface area contributed by atoms with E-state index in [2.05, 4.69) is 0 Å². The molecule has 0 saturated carbocycles. The first-order chi connectivity index (χ1) is 6.02. The fraction of sp³-hybridized carbons (Fsp3) is 0.400. The minimum atomic E-state index is -2.44. The van der Waals surface area contributed by atoms with Gasteiger partial charge in [0, 0.05) is 11.3 Å². The molecular weight excluding hydrogens is 172 g/mol. The fourth-order valence-electron chi connectivity index (χ4n) is 1.25. The molecule has 1 nitrogen and oxygen atoms in total. The third kappa shape index (κ3) is 2.17. The van der Waals surface area contributed by atoms with Crippen LogP contribution in [0.1, 0.15) is 37.3 Å². The van der Waals surface area contributed by atoms with Gasteiger partial charge in [0.25, 0.3) is 6.43 Å². The average Bonchev–Trinajstić information content (AvgIpc) is 2.03. The second-order valence-corrected chi connectivity index (χ2v) is 3.34. The molecule has 3 heteroatoms. The summed E-state index contributed by atoms with van der Waals surface area (Å²) in [4.78, 5) is 0. The number of benzene rings is 1. The molecule has 0 aromatic heterocycles. The van der Waals surface area contributed by atoms with Gasteiger partial charge in [-0.05, 0) is 17.5 Å². The molecule has 1 aromatic rings. The molecular formula is C10H13F2N. The zero-order valence-electron chi connectivity index (χ0n) is 7.72. The molecule has 2 N–H and O–H groups in total. The van der Waals surface area contributed by atoms with Crippen LogP contribution in [0.5, 0.6) is 0 Å². The second-order valence-electron chi connectivity index (χ2n) is 3.34. The molecule has 13 heavy (non-hydrogen) atoms. The predicted molar refractivity (Wildman–Crippen MR) is 49.9 cm³/mol. The van der Waals surface area contributed by atoms with Crippen LogP contribution in [-0.4, -0.2) is 0 Å². The summed E-state index contributed by atoms with van der Waals surface area (Å²) in [7, 11) is 0. The Hall–Kier alpha value is -1.12. The highest BCUT2D eigenvalue weighted by atomic mass is 19.3. The highest BCUT2D eigenvalue weighted by Crippen LogP contribution is 2.27. The van der Waals surface area contributed by atoms with E-state index in [1.165, 1.54) is 12.1 Å². The Kier molecular flexibility index (Phi) is 2.86. The smallest absolute Gasteiger partial charge is 0.263 e. The maximum atomic E-state index is 12.2. The molecule has 0 aliphatic heterocycles. The maximum Gasteiger partial charge on any atom is 0.263 e. The molecule has 0 atom stereocenters. The van der Waals surface area contributed by atoms with Crippen LogP contribution in [0, 0.1) is 0 Å². The summed E-state index contributed by atoms with van der Waals surface area (Å²) < 4.78 is 24.4. The van der Waals surface area contributed by atoms with Gasteiger partial charge < -0.3 is 5.73 Å². The minimum Gasteiger partial charge on any atom is -0.398 e. The lowest BCUT2D eigenvalue weighted by Crippen LogP contribution is -1.98. The van der Waals surface area contributed by atoms with Crippen LogP contribution in [0.2, 0.25) is 0 Å². The summed E-state index contributed by atoms with van der Waals surface area (Å²) >= 11 is 0. The number of halogens is 2. The Morgan fingerprint density at radius 1 is 1.23 bits per heavy atom. The molecule has 72 valence electrons. The molecule has 0 radical (unpaired) electrons. The summed E-state index contributed by atoms with van der Waals surface area (Å²) in [5.74, 6) is 0.270. The molecule has 1 rings (SSSR count). The van der Waals surface area contributed by atoms with E-state index in [-0.39, 0.29) is 11.5 Å². The first kappa shape index (κ1) is 9.96. The molecule has 0 aliphatic carbocycles. The summed E-state index contributed by atoms with van der Waals surface area (Å²) in [6.45, 7) is 3.96. The van der Waals surface area contributed by atoms with Crippen molar-refractivity contribution in [3.05, 3.63) is 29.3 Å². The summed E-state index contributed by atoms with van der Waals surface area (Å²) in [5, 5.41) is 0. The topological polar surface area (TPSA) is 26.0 Å². The number of anilines is 1. The van der Waals surface area contributed by atoms with E-state index >= 15 is 0 Å². The van der Waals surface area contributed by atoms with Gasteiger partial charge in [0.15, 0.2) is 0 Å². The van der Waals surface area contributed by atoms with Crippen molar-refractivity contribution in [2.75, 3.05) is 5.73 Å². The lowest BCUT2D eigenvalue weighted by Gasteiger charge is -2.10. The van der Waals surface area contributed by atoms with Crippen molar-refractivity contribution < 1.29 is 8.78 Å². The van der Waals surface area contributed by atoms with Crippen LogP contribution in [-0.2, 0) is 0 Å². The number of nitrogen functional groups attached to an aromatic ring is 1. The van der Waals surface area contributed by atoms with E-state index in [4.69, 9.17) is 5.73 Å². The number of hydrogen-bond acceptors (Lipinski definition) is 1. The summed E-state index contributed by atoms with van der Waals surface area (Å²) in [5.41, 5.74) is 6.99. The van der Waals surface area contributed by atoms with Crippen LogP contribution < -0.4 is 5.73 Å². The Bertz CT molecular complexity index is 295. The van der Waals surface area contributed by atoms with Gasteiger partial charge in [-0.1, -0.05) is 26.0 Å². The SMILES string of the molecule is CC(C)c1ccc(C(F)F)cc1N. The van der Waals surface area contributed by atoms with E-state index < -0.39 is 6.43 Å². The quantitative estimate of drug-likeness (QED) is 0.702. The van der Waals surface area contributed by atoms with Gasteiger partial charge in [-0.15, -0.1) is 0 Å². The van der Waals surface area contributed by atoms with Gasteiger partial charge in [0.2, 0.25) is 0 Å². The van der Waals surface area contributed by atoms with E-state index in [9.17, 15) is 8.78 Å². The normalized spacial score (nSPS) is 11.2. The molecule has 1 aromatic carbocycles. The van der Waals surface area contributed by atoms with E-state index in [0.717, 1.165) is 5.56 Å². The van der Waals surface area contributed by atoms with Gasteiger partial charge in [0.05, 0.1) is 0 Å². The van der Waals surface area contributed by atoms with Crippen molar-refractivity contribution >= 4 is 5.69 Å². The molecule has 0 amide bonds. The van der Waals surface area contributed by atoms with Crippen molar-refractivity contribution in [1.82, 2.24) is 0 Å². The van der Waals surface area contributed by atoms with Crippen molar-refractivity contribution in [2.45, 2.75) is 26.2 Å². The van der Waals surface area contributed by atoms with Gasteiger partial charge in [0.1, 0.15) is 0 Å². The van der Waals surface area contributed by atoms with E-state index in [0.29, 0.717) is 5.69 Å². The zero-order chi connectivity index (χ0) is 10.0. The Labute approximate surface area is 76.6 Å². The van der Waals surface area contributed by atoms with Gasteiger partial charge in [-0.3, -0.25) is 0 Å². The zero-order valence-corrected chi connectivity index (χ0v) is 7.72. The number of alkyl halides is 2. The van der Waals surface area contributed by atoms with Crippen molar-refractivity contribution in [2.24, 2.45) is 0 Å². The van der Waals surface area contributed by atoms with Gasteiger partial charge in [-0.25, -0.2) is 8.78 Å². The van der Waals surface area contributed by atoms with E-state index in [1.54, 1.807) is 6.07 Å². The van der Waals surface area contributed by atoms with Gasteiger partial charge in [-0.2, -0.15) is 0 Å². The van der Waals surface area contributed by atoms with Crippen molar-refractivity contribution in [1.29, 1.82) is 0 Å². The summed E-state index contributed by atoms with van der Waals surface area (Å²) in [6.07, 6.45) is -2.44. The molecule has 0 aliphatic rings. The average molecular weight is 185 g/mol. The van der Waals surface area contributed by atoms with Crippen molar-refractivity contribution in [3.63, 3.8) is 0 Å². The minimum absolute atomic E-state index is 0.0121. The monoisotopic (exact) mass is 185 g/mol. The number of hydrogen-bond donors (Lipinski definition) is 1. The Balaban J connectivity index is 3.06. The van der Waals surface area contributed by atoms with Crippen LogP contribution in [0.25, 0.3) is 0 Å². The second kappa shape index (κ2) is 3.73. The third-order valence-corrected chi connectivity index (χ3v) is 1.98. The summed E-state index contributed by atoms with van der Waals surface area (Å²) in [6, 6.07) is 4.44. The van der Waals surface area contributed by atoms with Gasteiger partial charge >= 0.3 is 0 Å². The van der Waals surface area contributed by atoms with Crippen LogP contribution in [0.3, 0.4) is 0 Å². The first-order valence-corrected chi connectivity index (χ1v) is 4.20. The number of rotatable bonds is 2. The highest BCUT2D eigenvalue weighted by molar-refractivity contribution is 5.50. The van der Waals surface area contributed by atoms with Crippen LogP contribution in [0.4, 0.5) is 14.5 Å². The third-order valence-electron chi connectivity index (χ3n) is 1.98.